The molecule has 1 unspecified atom stereocenters. The van der Waals surface area contributed by atoms with E-state index in [9.17, 15) is 9.59 Å². The number of alkyl carbamates (subject to hydrolysis) is 1. The van der Waals surface area contributed by atoms with Crippen LogP contribution in [0.15, 0.2) is 35.5 Å². The van der Waals surface area contributed by atoms with Gasteiger partial charge in [-0.25, -0.2) is 9.89 Å². The molecule has 3 N–H and O–H groups in total. The quantitative estimate of drug-likeness (QED) is 0.626. The number of ether oxygens (including phenoxy) is 1. The maximum absolute atomic E-state index is 12.7. The van der Waals surface area contributed by atoms with Crippen molar-refractivity contribution >= 4 is 29.7 Å². The Bertz CT molecular complexity index is 758. The number of carbonyl (C=O) groups is 2. The molecule has 0 aliphatic rings. The first-order chi connectivity index (χ1) is 12.8. The van der Waals surface area contributed by atoms with E-state index in [-0.39, 0.29) is 5.95 Å². The molecule has 2 aromatic rings. The Balaban J connectivity index is 2.09. The van der Waals surface area contributed by atoms with Gasteiger partial charge in [-0.1, -0.05) is 49.0 Å². The van der Waals surface area contributed by atoms with E-state index in [1.165, 1.54) is 11.8 Å². The Morgan fingerprint density at radius 2 is 1.96 bits per heavy atom. The highest BCUT2D eigenvalue weighted by Crippen LogP contribution is 2.14. The number of benzene rings is 1. The van der Waals surface area contributed by atoms with E-state index >= 15 is 0 Å². The van der Waals surface area contributed by atoms with E-state index in [4.69, 9.17) is 4.74 Å². The fourth-order valence-corrected chi connectivity index (χ4v) is 2.73. The van der Waals surface area contributed by atoms with Gasteiger partial charge in [-0.3, -0.25) is 10.1 Å². The second-order valence-electron chi connectivity index (χ2n) is 6.78. The second kappa shape index (κ2) is 9.40. The number of hydrogen-bond donors (Lipinski definition) is 3. The molecule has 27 heavy (non-hydrogen) atoms. The summed E-state index contributed by atoms with van der Waals surface area (Å²) in [7, 11) is 0. The zero-order valence-corrected chi connectivity index (χ0v) is 16.7. The van der Waals surface area contributed by atoms with Crippen LogP contribution in [0.5, 0.6) is 0 Å². The summed E-state index contributed by atoms with van der Waals surface area (Å²) in [5, 5.41) is 12.5. The zero-order valence-electron chi connectivity index (χ0n) is 15.9. The van der Waals surface area contributed by atoms with Crippen molar-refractivity contribution in [3.05, 3.63) is 35.9 Å². The van der Waals surface area contributed by atoms with Gasteiger partial charge in [0.2, 0.25) is 17.0 Å². The fraction of sp³-hybridized carbons (Fsp3) is 0.444. The Morgan fingerprint density at radius 1 is 1.26 bits per heavy atom. The number of H-pyrrole nitrogens is 1. The highest BCUT2D eigenvalue weighted by atomic mass is 32.2. The molecule has 0 radical (unpaired) electrons. The van der Waals surface area contributed by atoms with E-state index in [0.29, 0.717) is 11.6 Å². The normalized spacial score (nSPS) is 12.3. The van der Waals surface area contributed by atoms with Crippen molar-refractivity contribution in [2.75, 3.05) is 11.1 Å². The van der Waals surface area contributed by atoms with Crippen LogP contribution in [0, 0.1) is 0 Å². The lowest BCUT2D eigenvalue weighted by Crippen LogP contribution is -2.47. The van der Waals surface area contributed by atoms with Gasteiger partial charge in [-0.2, -0.15) is 4.98 Å². The first-order valence-corrected chi connectivity index (χ1v) is 9.65. The molecule has 1 heterocycles. The number of carbonyl (C=O) groups excluding carboxylic acids is 2. The predicted octanol–water partition coefficient (Wildman–Crippen LogP) is 2.99. The molecule has 0 aliphatic carbocycles. The third kappa shape index (κ3) is 7.30. The standard InChI is InChI=1S/C18H25N5O3S/c1-5-27-16-21-15(22-23-16)20-14(24)13(11-12-9-7-6-8-10-12)19-17(25)26-18(2,3)4/h6-10,13H,5,11H2,1-4H3,(H,19,25)(H2,20,21,22,23,24). The van der Waals surface area contributed by atoms with Gasteiger partial charge in [0, 0.05) is 6.42 Å². The first-order valence-electron chi connectivity index (χ1n) is 8.66. The van der Waals surface area contributed by atoms with Crippen molar-refractivity contribution in [1.29, 1.82) is 0 Å². The second-order valence-corrected chi connectivity index (χ2v) is 8.01. The number of nitrogens with zero attached hydrogens (tertiary/aromatic N) is 2. The summed E-state index contributed by atoms with van der Waals surface area (Å²) < 4.78 is 5.27. The van der Waals surface area contributed by atoms with Crippen LogP contribution in [-0.2, 0) is 16.0 Å². The summed E-state index contributed by atoms with van der Waals surface area (Å²) >= 11 is 1.46. The van der Waals surface area contributed by atoms with Crippen molar-refractivity contribution in [3.63, 3.8) is 0 Å². The molecule has 0 fully saturated rings. The van der Waals surface area contributed by atoms with E-state index in [2.05, 4.69) is 25.8 Å². The summed E-state index contributed by atoms with van der Waals surface area (Å²) in [5.41, 5.74) is 0.253. The molecule has 0 saturated carbocycles. The lowest BCUT2D eigenvalue weighted by molar-refractivity contribution is -0.118. The van der Waals surface area contributed by atoms with Gasteiger partial charge >= 0.3 is 6.09 Å². The van der Waals surface area contributed by atoms with E-state index in [0.717, 1.165) is 11.3 Å². The van der Waals surface area contributed by atoms with Crippen LogP contribution < -0.4 is 10.6 Å². The van der Waals surface area contributed by atoms with Gasteiger partial charge < -0.3 is 10.1 Å². The Morgan fingerprint density at radius 3 is 2.59 bits per heavy atom. The van der Waals surface area contributed by atoms with Crippen LogP contribution in [-0.4, -0.2) is 44.6 Å². The number of nitrogens with one attached hydrogen (secondary N) is 3. The number of aromatic amines is 1. The number of amides is 2. The first kappa shape index (κ1) is 20.8. The molecule has 1 aromatic carbocycles. The molecule has 8 nitrogen and oxygen atoms in total. The van der Waals surface area contributed by atoms with Gasteiger partial charge in [0.05, 0.1) is 0 Å². The van der Waals surface area contributed by atoms with Crippen LogP contribution in [0.1, 0.15) is 33.3 Å². The van der Waals surface area contributed by atoms with E-state index < -0.39 is 23.6 Å². The molecule has 146 valence electrons. The molecular weight excluding hydrogens is 366 g/mol. The van der Waals surface area contributed by atoms with Crippen molar-refractivity contribution in [3.8, 4) is 0 Å². The third-order valence-electron chi connectivity index (χ3n) is 3.27. The molecule has 0 aliphatic heterocycles. The van der Waals surface area contributed by atoms with Gasteiger partial charge in [0.15, 0.2) is 0 Å². The van der Waals surface area contributed by atoms with Crippen LogP contribution in [0.3, 0.4) is 0 Å². The minimum absolute atomic E-state index is 0.236. The molecule has 1 atom stereocenters. The molecule has 0 bridgehead atoms. The van der Waals surface area contributed by atoms with Gasteiger partial charge in [0.1, 0.15) is 11.6 Å². The fourth-order valence-electron chi connectivity index (χ4n) is 2.21. The number of hydrogen-bond acceptors (Lipinski definition) is 6. The van der Waals surface area contributed by atoms with Crippen molar-refractivity contribution in [2.24, 2.45) is 0 Å². The highest BCUT2D eigenvalue weighted by Gasteiger charge is 2.25. The zero-order chi connectivity index (χ0) is 19.9. The van der Waals surface area contributed by atoms with E-state index in [1.807, 2.05) is 37.3 Å². The molecule has 2 amide bonds. The summed E-state index contributed by atoms with van der Waals surface area (Å²) in [4.78, 5) is 29.1. The van der Waals surface area contributed by atoms with Gasteiger partial charge in [-0.05, 0) is 32.1 Å². The molecule has 0 spiro atoms. The lowest BCUT2D eigenvalue weighted by Gasteiger charge is -2.23. The Labute approximate surface area is 162 Å². The van der Waals surface area contributed by atoms with Crippen molar-refractivity contribution in [1.82, 2.24) is 20.5 Å². The number of anilines is 1. The average Bonchev–Trinajstić information content (AvgIpc) is 3.01. The van der Waals surface area contributed by atoms with Gasteiger partial charge in [0.25, 0.3) is 0 Å². The Kier molecular flexibility index (Phi) is 7.23. The average molecular weight is 391 g/mol. The maximum Gasteiger partial charge on any atom is 0.408 e. The third-order valence-corrected chi connectivity index (χ3v) is 4.00. The summed E-state index contributed by atoms with van der Waals surface area (Å²) in [6.07, 6.45) is -0.338. The van der Waals surface area contributed by atoms with Crippen LogP contribution in [0.25, 0.3) is 0 Å². The summed E-state index contributed by atoms with van der Waals surface area (Å²) in [6.45, 7) is 7.28. The SMILES string of the molecule is CCSc1n[nH]c(NC(=O)C(Cc2ccccc2)NC(=O)OC(C)(C)C)n1. The van der Waals surface area contributed by atoms with Crippen LogP contribution in [0.4, 0.5) is 10.7 Å². The maximum atomic E-state index is 12.7. The van der Waals surface area contributed by atoms with Crippen LogP contribution in [0.2, 0.25) is 0 Å². The summed E-state index contributed by atoms with van der Waals surface area (Å²) in [6, 6.07) is 8.60. The van der Waals surface area contributed by atoms with Crippen molar-refractivity contribution in [2.45, 2.75) is 50.9 Å². The number of thioether (sulfide) groups is 1. The number of rotatable bonds is 7. The molecular formula is C18H25N5O3S. The largest absolute Gasteiger partial charge is 0.444 e. The predicted molar refractivity (Wildman–Crippen MR) is 105 cm³/mol. The van der Waals surface area contributed by atoms with Gasteiger partial charge in [-0.15, -0.1) is 5.10 Å². The minimum Gasteiger partial charge on any atom is -0.444 e. The molecule has 9 heteroatoms. The molecule has 1 aromatic heterocycles. The topological polar surface area (TPSA) is 109 Å². The monoisotopic (exact) mass is 391 g/mol. The molecule has 2 rings (SSSR count). The highest BCUT2D eigenvalue weighted by molar-refractivity contribution is 7.99. The van der Waals surface area contributed by atoms with E-state index in [1.54, 1.807) is 20.8 Å². The lowest BCUT2D eigenvalue weighted by atomic mass is 10.1. The summed E-state index contributed by atoms with van der Waals surface area (Å²) in [5.74, 6) is 0.649. The Hall–Kier alpha value is -2.55. The van der Waals surface area contributed by atoms with Crippen LogP contribution >= 0.6 is 11.8 Å². The smallest absolute Gasteiger partial charge is 0.408 e. The van der Waals surface area contributed by atoms with Crippen molar-refractivity contribution < 1.29 is 14.3 Å². The number of aromatic nitrogens is 3. The molecule has 0 saturated heterocycles. The minimum atomic E-state index is -0.824.